The Kier molecular flexibility index (Phi) is 5.32. The third-order valence-electron chi connectivity index (χ3n) is 4.08. The van der Waals surface area contributed by atoms with Crippen molar-refractivity contribution < 1.29 is 4.79 Å². The topological polar surface area (TPSA) is 59.4 Å². The third kappa shape index (κ3) is 4.16. The van der Waals surface area contributed by atoms with Crippen LogP contribution in [0.1, 0.15) is 5.56 Å². The van der Waals surface area contributed by atoms with Crippen LogP contribution in [-0.4, -0.2) is 37.1 Å². The highest BCUT2D eigenvalue weighted by Crippen LogP contribution is 2.27. The van der Waals surface area contributed by atoms with Crippen LogP contribution in [0.4, 0.5) is 16.2 Å². The zero-order chi connectivity index (χ0) is 17.8. The summed E-state index contributed by atoms with van der Waals surface area (Å²) < 4.78 is 0. The molecule has 2 amide bonds. The van der Waals surface area contributed by atoms with Gasteiger partial charge >= 0.3 is 6.03 Å². The lowest BCUT2D eigenvalue weighted by Gasteiger charge is -2.36. The normalized spacial score (nSPS) is 14.1. The molecular weight excluding hydrogens is 359 g/mol. The van der Waals surface area contributed by atoms with Gasteiger partial charge in [-0.25, -0.2) is 4.79 Å². The van der Waals surface area contributed by atoms with Gasteiger partial charge in [0, 0.05) is 37.6 Å². The van der Waals surface area contributed by atoms with Crippen LogP contribution in [0.25, 0.3) is 0 Å². The molecule has 128 valence electrons. The molecule has 1 saturated heterocycles. The van der Waals surface area contributed by atoms with Gasteiger partial charge in [0.25, 0.3) is 0 Å². The maximum absolute atomic E-state index is 12.4. The number of nitrogens with one attached hydrogen (secondary N) is 1. The number of hydrogen-bond donors (Lipinski definition) is 1. The van der Waals surface area contributed by atoms with Crippen molar-refractivity contribution in [2.45, 2.75) is 0 Å². The largest absolute Gasteiger partial charge is 0.368 e. The second kappa shape index (κ2) is 7.64. The highest BCUT2D eigenvalue weighted by Gasteiger charge is 2.21. The number of nitrogens with zero attached hydrogens (tertiary/aromatic N) is 3. The van der Waals surface area contributed by atoms with Gasteiger partial charge < -0.3 is 15.1 Å². The molecule has 7 heteroatoms. The van der Waals surface area contributed by atoms with E-state index in [1.807, 2.05) is 12.1 Å². The second-order valence-corrected chi connectivity index (χ2v) is 6.51. The van der Waals surface area contributed by atoms with Crippen molar-refractivity contribution in [2.75, 3.05) is 36.4 Å². The van der Waals surface area contributed by atoms with Gasteiger partial charge in [0.15, 0.2) is 0 Å². The number of carbonyl (C=O) groups excluding carboxylic acids is 1. The number of amides is 2. The van der Waals surface area contributed by atoms with E-state index in [4.69, 9.17) is 28.5 Å². The van der Waals surface area contributed by atoms with Crippen LogP contribution in [-0.2, 0) is 0 Å². The van der Waals surface area contributed by atoms with Gasteiger partial charge in [0.1, 0.15) is 0 Å². The van der Waals surface area contributed by atoms with E-state index < -0.39 is 0 Å². The summed E-state index contributed by atoms with van der Waals surface area (Å²) in [6, 6.07) is 14.3. The van der Waals surface area contributed by atoms with Crippen LogP contribution in [0.2, 0.25) is 10.0 Å². The monoisotopic (exact) mass is 374 g/mol. The highest BCUT2D eigenvalue weighted by molar-refractivity contribution is 6.42. The minimum atomic E-state index is -0.163. The fraction of sp³-hybridized carbons (Fsp3) is 0.222. The number of anilines is 2. The Balaban J connectivity index is 1.58. The van der Waals surface area contributed by atoms with E-state index in [1.54, 1.807) is 35.2 Å². The molecule has 0 spiro atoms. The second-order valence-electron chi connectivity index (χ2n) is 5.70. The Morgan fingerprint density at radius 2 is 1.80 bits per heavy atom. The van der Waals surface area contributed by atoms with Gasteiger partial charge in [-0.1, -0.05) is 29.3 Å². The Morgan fingerprint density at radius 3 is 2.48 bits per heavy atom. The Bertz CT molecular complexity index is 826. The van der Waals surface area contributed by atoms with Crippen LogP contribution in [0, 0.1) is 11.3 Å². The predicted molar refractivity (Wildman–Crippen MR) is 100 cm³/mol. The van der Waals surface area contributed by atoms with Crippen LogP contribution in [0.5, 0.6) is 0 Å². The van der Waals surface area contributed by atoms with Gasteiger partial charge in [-0.2, -0.15) is 5.26 Å². The fourth-order valence-corrected chi connectivity index (χ4v) is 3.01. The maximum Gasteiger partial charge on any atom is 0.321 e. The molecule has 0 atom stereocenters. The molecule has 0 aromatic heterocycles. The average Bonchev–Trinajstić information content (AvgIpc) is 2.64. The van der Waals surface area contributed by atoms with Crippen molar-refractivity contribution in [1.82, 2.24) is 4.90 Å². The number of rotatable bonds is 2. The van der Waals surface area contributed by atoms with Crippen LogP contribution in [0.15, 0.2) is 42.5 Å². The van der Waals surface area contributed by atoms with Crippen molar-refractivity contribution >= 4 is 40.6 Å². The Labute approximate surface area is 156 Å². The number of piperazine rings is 1. The zero-order valence-electron chi connectivity index (χ0n) is 13.4. The number of urea groups is 1. The average molecular weight is 375 g/mol. The summed E-state index contributed by atoms with van der Waals surface area (Å²) in [5.41, 5.74) is 2.13. The van der Waals surface area contributed by atoms with Crippen molar-refractivity contribution in [1.29, 1.82) is 5.26 Å². The highest BCUT2D eigenvalue weighted by atomic mass is 35.5. The predicted octanol–water partition coefficient (Wildman–Crippen LogP) is 4.22. The summed E-state index contributed by atoms with van der Waals surface area (Å²) in [6.45, 7) is 2.63. The summed E-state index contributed by atoms with van der Waals surface area (Å²) in [5.74, 6) is 0. The number of hydrogen-bond acceptors (Lipinski definition) is 3. The number of benzene rings is 2. The first-order chi connectivity index (χ1) is 12.1. The molecule has 0 aliphatic carbocycles. The number of nitriles is 1. The minimum Gasteiger partial charge on any atom is -0.368 e. The first kappa shape index (κ1) is 17.4. The Morgan fingerprint density at radius 1 is 1.04 bits per heavy atom. The molecule has 1 heterocycles. The first-order valence-corrected chi connectivity index (χ1v) is 8.58. The van der Waals surface area contributed by atoms with E-state index in [9.17, 15) is 4.79 Å². The first-order valence-electron chi connectivity index (χ1n) is 7.83. The lowest BCUT2D eigenvalue weighted by atomic mass is 10.2. The summed E-state index contributed by atoms with van der Waals surface area (Å²) in [4.78, 5) is 16.3. The molecular formula is C18H16Cl2N4O. The standard InChI is InChI=1S/C18H16Cl2N4O/c19-16-5-4-15(11-17(16)20)23-6-8-24(9-7-23)18(25)22-14-3-1-2-13(10-14)12-21/h1-5,10-11H,6-9H2,(H,22,25). The van der Waals surface area contributed by atoms with E-state index >= 15 is 0 Å². The van der Waals surface area contributed by atoms with Crippen molar-refractivity contribution in [3.8, 4) is 6.07 Å². The van der Waals surface area contributed by atoms with Crippen molar-refractivity contribution in [3.05, 3.63) is 58.1 Å². The van der Waals surface area contributed by atoms with E-state index in [0.717, 1.165) is 5.69 Å². The molecule has 0 radical (unpaired) electrons. The molecule has 0 unspecified atom stereocenters. The summed E-state index contributed by atoms with van der Waals surface area (Å²) in [5, 5.41) is 12.8. The minimum absolute atomic E-state index is 0.163. The molecule has 1 N–H and O–H groups in total. The summed E-state index contributed by atoms with van der Waals surface area (Å²) >= 11 is 12.0. The Hall–Kier alpha value is -2.42. The van der Waals surface area contributed by atoms with E-state index in [1.165, 1.54) is 0 Å². The quantitative estimate of drug-likeness (QED) is 0.855. The van der Waals surface area contributed by atoms with Gasteiger partial charge in [-0.05, 0) is 36.4 Å². The van der Waals surface area contributed by atoms with Crippen LogP contribution in [0.3, 0.4) is 0 Å². The molecule has 2 aromatic rings. The van der Waals surface area contributed by atoms with E-state index in [-0.39, 0.29) is 6.03 Å². The molecule has 5 nitrogen and oxygen atoms in total. The molecule has 1 aliphatic rings. The summed E-state index contributed by atoms with van der Waals surface area (Å²) in [7, 11) is 0. The molecule has 2 aromatic carbocycles. The van der Waals surface area contributed by atoms with Crippen LogP contribution < -0.4 is 10.2 Å². The number of halogens is 2. The molecule has 25 heavy (non-hydrogen) atoms. The van der Waals surface area contributed by atoms with Gasteiger partial charge in [0.05, 0.1) is 21.7 Å². The van der Waals surface area contributed by atoms with E-state index in [0.29, 0.717) is 47.5 Å². The molecule has 1 aliphatic heterocycles. The molecule has 1 fully saturated rings. The van der Waals surface area contributed by atoms with Gasteiger partial charge in [0.2, 0.25) is 0 Å². The lowest BCUT2D eigenvalue weighted by Crippen LogP contribution is -2.50. The van der Waals surface area contributed by atoms with E-state index in [2.05, 4.69) is 16.3 Å². The smallest absolute Gasteiger partial charge is 0.321 e. The van der Waals surface area contributed by atoms with Gasteiger partial charge in [-0.3, -0.25) is 0 Å². The molecule has 0 bridgehead atoms. The molecule has 3 rings (SSSR count). The summed E-state index contributed by atoms with van der Waals surface area (Å²) in [6.07, 6.45) is 0. The lowest BCUT2D eigenvalue weighted by molar-refractivity contribution is 0.208. The third-order valence-corrected chi connectivity index (χ3v) is 4.82. The van der Waals surface area contributed by atoms with Crippen LogP contribution >= 0.6 is 23.2 Å². The molecule has 0 saturated carbocycles. The van der Waals surface area contributed by atoms with Crippen molar-refractivity contribution in [3.63, 3.8) is 0 Å². The number of carbonyl (C=O) groups is 1. The van der Waals surface area contributed by atoms with Crippen molar-refractivity contribution in [2.24, 2.45) is 0 Å². The van der Waals surface area contributed by atoms with Gasteiger partial charge in [-0.15, -0.1) is 0 Å². The zero-order valence-corrected chi connectivity index (χ0v) is 14.9. The fourth-order valence-electron chi connectivity index (χ4n) is 2.72. The maximum atomic E-state index is 12.4. The SMILES string of the molecule is N#Cc1cccc(NC(=O)N2CCN(c3ccc(Cl)c(Cl)c3)CC2)c1.